The Morgan fingerprint density at radius 2 is 2.03 bits per heavy atom. The van der Waals surface area contributed by atoms with Gasteiger partial charge in [0.15, 0.2) is 21.1 Å². The van der Waals surface area contributed by atoms with Crippen LogP contribution in [0.15, 0.2) is 68.8 Å². The van der Waals surface area contributed by atoms with Crippen molar-refractivity contribution in [1.29, 1.82) is 0 Å². The molecule has 0 fully saturated rings. The Morgan fingerprint density at radius 3 is 2.76 bits per heavy atom. The molecule has 0 radical (unpaired) electrons. The van der Waals surface area contributed by atoms with Crippen molar-refractivity contribution in [3.63, 3.8) is 0 Å². The lowest BCUT2D eigenvalue weighted by Crippen LogP contribution is -2.16. The lowest BCUT2D eigenvalue weighted by atomic mass is 10.0. The molecule has 1 atom stereocenters. The van der Waals surface area contributed by atoms with Crippen LogP contribution < -0.4 is 19.9 Å². The van der Waals surface area contributed by atoms with Crippen LogP contribution in [0.25, 0.3) is 22.1 Å². The predicted octanol–water partition coefficient (Wildman–Crippen LogP) is 5.86. The van der Waals surface area contributed by atoms with Crippen molar-refractivity contribution in [2.45, 2.75) is 4.90 Å². The maximum atomic E-state index is 15.2. The summed E-state index contributed by atoms with van der Waals surface area (Å²) in [7, 11) is -2.30. The maximum Gasteiger partial charge on any atom is 0.211 e. The van der Waals surface area contributed by atoms with Crippen molar-refractivity contribution in [2.75, 3.05) is 17.6 Å². The van der Waals surface area contributed by atoms with E-state index >= 15 is 4.39 Å². The molecule has 0 aliphatic rings. The van der Waals surface area contributed by atoms with Gasteiger partial charge in [0, 0.05) is 17.0 Å². The molecule has 3 N–H and O–H groups in total. The molecule has 13 heteroatoms. The van der Waals surface area contributed by atoms with Crippen LogP contribution in [0.4, 0.5) is 16.0 Å². The molecule has 5 rings (SSSR count). The Labute approximate surface area is 218 Å². The fraction of sp³-hybridized carbons (Fsp3) is 0.0417. The zero-order valence-electron chi connectivity index (χ0n) is 18.9. The highest BCUT2D eigenvalue weighted by Gasteiger charge is 2.22. The molecule has 0 amide bonds. The molecule has 5 aromatic rings. The number of fused-ring (bicyclic) bond motifs is 1. The average molecular weight is 559 g/mol. The summed E-state index contributed by atoms with van der Waals surface area (Å²) in [5.41, 5.74) is 9.15. The van der Waals surface area contributed by atoms with E-state index in [1.165, 1.54) is 34.6 Å². The minimum absolute atomic E-state index is 0.0683. The fourth-order valence-corrected chi connectivity index (χ4v) is 5.62. The molecule has 0 saturated carbocycles. The molecule has 1 unspecified atom stereocenters. The number of hydrogen-bond donors (Lipinski definition) is 2. The zero-order chi connectivity index (χ0) is 26.2. The van der Waals surface area contributed by atoms with Crippen LogP contribution in [0.5, 0.6) is 17.2 Å². The van der Waals surface area contributed by atoms with E-state index in [4.69, 9.17) is 31.3 Å². The molecule has 0 aliphatic heterocycles. The predicted molar refractivity (Wildman–Crippen MR) is 140 cm³/mol. The Morgan fingerprint density at radius 1 is 1.19 bits per heavy atom. The van der Waals surface area contributed by atoms with Gasteiger partial charge < -0.3 is 19.7 Å². The summed E-state index contributed by atoms with van der Waals surface area (Å²) >= 11 is 7.59. The number of ether oxygens (including phenoxy) is 2. The number of thiazole rings is 1. The van der Waals surface area contributed by atoms with Gasteiger partial charge in [0.2, 0.25) is 5.23 Å². The molecule has 0 aliphatic carbocycles. The van der Waals surface area contributed by atoms with Gasteiger partial charge in [-0.3, -0.25) is 4.72 Å². The van der Waals surface area contributed by atoms with Gasteiger partial charge >= 0.3 is 0 Å². The number of aromatic nitrogens is 2. The number of nitrogens with zero attached hydrogens (tertiary/aromatic N) is 2. The Bertz CT molecular complexity index is 1780. The molecular formula is C24H16ClFN4O5S2. The summed E-state index contributed by atoms with van der Waals surface area (Å²) in [6, 6.07) is 12.3. The van der Waals surface area contributed by atoms with Crippen molar-refractivity contribution in [3.8, 4) is 28.4 Å². The van der Waals surface area contributed by atoms with E-state index in [1.54, 1.807) is 36.4 Å². The highest BCUT2D eigenvalue weighted by Crippen LogP contribution is 2.41. The summed E-state index contributed by atoms with van der Waals surface area (Å²) in [6.45, 7) is 0. The van der Waals surface area contributed by atoms with E-state index in [0.717, 1.165) is 12.1 Å². The van der Waals surface area contributed by atoms with Crippen molar-refractivity contribution < 1.29 is 27.4 Å². The highest BCUT2D eigenvalue weighted by atomic mass is 35.5. The summed E-state index contributed by atoms with van der Waals surface area (Å²) < 4.78 is 47.2. The number of anilines is 2. The summed E-state index contributed by atoms with van der Waals surface area (Å²) in [5.74, 6) is 0.174. The number of rotatable bonds is 7. The molecule has 2 heterocycles. The minimum atomic E-state index is -3.82. The average Bonchev–Trinajstić information content (AvgIpc) is 3.55. The zero-order valence-corrected chi connectivity index (χ0v) is 21.2. The first kappa shape index (κ1) is 24.6. The number of halogens is 2. The van der Waals surface area contributed by atoms with E-state index in [9.17, 15) is 9.00 Å². The van der Waals surface area contributed by atoms with E-state index in [1.807, 2.05) is 0 Å². The largest absolute Gasteiger partial charge is 0.497 e. The second-order valence-corrected chi connectivity index (χ2v) is 10.6. The highest BCUT2D eigenvalue weighted by molar-refractivity contribution is 8.01. The van der Waals surface area contributed by atoms with Crippen molar-refractivity contribution in [2.24, 2.45) is 0 Å². The van der Waals surface area contributed by atoms with Crippen molar-refractivity contribution >= 4 is 60.5 Å². The van der Waals surface area contributed by atoms with Crippen LogP contribution in [-0.2, 0) is 14.5 Å². The maximum absolute atomic E-state index is 15.2. The van der Waals surface area contributed by atoms with Gasteiger partial charge in [-0.25, -0.2) is 18.4 Å². The Kier molecular flexibility index (Phi) is 6.48. The Balaban J connectivity index is 1.55. The molecule has 37 heavy (non-hydrogen) atoms. The molecule has 2 aromatic heterocycles. The quantitative estimate of drug-likeness (QED) is 0.237. The van der Waals surface area contributed by atoms with E-state index in [-0.39, 0.29) is 22.4 Å². The number of nitrogens with one attached hydrogen (secondary N) is 1. The normalized spacial score (nSPS) is 12.6. The summed E-state index contributed by atoms with van der Waals surface area (Å²) in [5, 5.41) is 7.19. The van der Waals surface area contributed by atoms with Gasteiger partial charge in [-0.05, 0) is 42.0 Å². The van der Waals surface area contributed by atoms with Gasteiger partial charge in [-0.2, -0.15) is 0 Å². The smallest absolute Gasteiger partial charge is 0.211 e. The fourth-order valence-electron chi connectivity index (χ4n) is 3.53. The number of methoxy groups -OCH3 is 1. The van der Waals surface area contributed by atoms with Crippen LogP contribution in [0.3, 0.4) is 0 Å². The van der Waals surface area contributed by atoms with Crippen molar-refractivity contribution in [1.82, 2.24) is 10.1 Å². The van der Waals surface area contributed by atoms with Gasteiger partial charge in [-0.1, -0.05) is 22.8 Å². The van der Waals surface area contributed by atoms with Crippen LogP contribution >= 0.6 is 22.9 Å². The van der Waals surface area contributed by atoms with Crippen LogP contribution in [0.2, 0.25) is 5.02 Å². The second kappa shape index (κ2) is 9.75. The lowest BCUT2D eigenvalue weighted by Gasteiger charge is -2.16. The molecule has 0 saturated heterocycles. The molecule has 3 aromatic carbocycles. The molecular weight excluding hydrogens is 543 g/mol. The van der Waals surface area contributed by atoms with E-state index in [0.29, 0.717) is 33.6 Å². The van der Waals surface area contributed by atoms with Crippen LogP contribution in [-0.4, -0.2) is 26.7 Å². The number of carbonyl (C=O) groups excluding carboxylic acids is 1. The van der Waals surface area contributed by atoms with Crippen molar-refractivity contribution in [3.05, 3.63) is 70.3 Å². The van der Waals surface area contributed by atoms with E-state index < -0.39 is 20.4 Å². The number of benzene rings is 3. The van der Waals surface area contributed by atoms with Crippen LogP contribution in [0, 0.1) is 5.82 Å². The van der Waals surface area contributed by atoms with Gasteiger partial charge in [-0.15, -0.1) is 11.3 Å². The Hall–Kier alpha value is -4.09. The third-order valence-corrected chi connectivity index (χ3v) is 7.85. The van der Waals surface area contributed by atoms with Gasteiger partial charge in [0.1, 0.15) is 28.9 Å². The first-order chi connectivity index (χ1) is 17.8. The number of nitrogen functional groups attached to an aromatic ring is 1. The molecule has 0 bridgehead atoms. The molecule has 9 nitrogen and oxygen atoms in total. The molecule has 188 valence electrons. The van der Waals surface area contributed by atoms with Crippen LogP contribution in [0.1, 0.15) is 0 Å². The minimum Gasteiger partial charge on any atom is -0.497 e. The summed E-state index contributed by atoms with van der Waals surface area (Å²) in [6.07, 6.45) is 0. The monoisotopic (exact) mass is 558 g/mol. The van der Waals surface area contributed by atoms with Gasteiger partial charge in [0.05, 0.1) is 27.9 Å². The third-order valence-electron chi connectivity index (χ3n) is 5.31. The number of hydrogen-bond acceptors (Lipinski definition) is 9. The second-order valence-electron chi connectivity index (χ2n) is 7.57. The SMILES string of the molecule is COc1ccc(Oc2cc(F)c(S(=O)(=C=O)Nc3cscn3)cc2Cl)c(-c2ccc3onc(N)c3c2)c1. The number of nitrogens with two attached hydrogens (primary N) is 1. The summed E-state index contributed by atoms with van der Waals surface area (Å²) in [4.78, 5) is 15.0. The van der Waals surface area contributed by atoms with Gasteiger partial charge in [0.25, 0.3) is 0 Å². The lowest BCUT2D eigenvalue weighted by molar-refractivity contribution is 0.413. The third kappa shape index (κ3) is 4.70. The van der Waals surface area contributed by atoms with E-state index in [2.05, 4.69) is 14.9 Å². The first-order valence-corrected chi connectivity index (χ1v) is 13.3. The topological polar surface area (TPSA) is 130 Å². The molecule has 0 spiro atoms. The standard InChI is InChI=1S/C24H16ClFN4O5S2/c1-33-14-3-5-19(15(7-14)13-2-4-20-16(6-13)24(27)29-35-20)34-21-9-18(26)22(8-17(21)25)37(32,12-31)30-23-10-36-11-28-23/h2-11H,1H3,(H2,27,29)(H,30,32). The first-order valence-electron chi connectivity index (χ1n) is 10.4.